The monoisotopic (exact) mass is 258 g/mol. The summed E-state index contributed by atoms with van der Waals surface area (Å²) in [6, 6.07) is 0. The van der Waals surface area contributed by atoms with Gasteiger partial charge in [0.1, 0.15) is 5.78 Å². The molecule has 1 unspecified atom stereocenters. The highest BCUT2D eigenvalue weighted by molar-refractivity contribution is 5.78. The van der Waals surface area contributed by atoms with Crippen LogP contribution in [-0.2, 0) is 14.3 Å². The number of carbonyl (C=O) groups excluding carboxylic acids is 1. The molecule has 0 heterocycles. The molecule has 18 heavy (non-hydrogen) atoms. The van der Waals surface area contributed by atoms with Crippen molar-refractivity contribution in [2.24, 2.45) is 5.92 Å². The zero-order chi connectivity index (χ0) is 13.6. The highest BCUT2D eigenvalue weighted by atomic mass is 16.5. The summed E-state index contributed by atoms with van der Waals surface area (Å²) in [6.07, 6.45) is 5.72. The second kappa shape index (κ2) is 13.0. The van der Waals surface area contributed by atoms with Crippen LogP contribution in [0.4, 0.5) is 0 Å². The number of hydrogen-bond acceptors (Lipinski definition) is 3. The van der Waals surface area contributed by atoms with Gasteiger partial charge in [0.25, 0.3) is 0 Å². The lowest BCUT2D eigenvalue weighted by Crippen LogP contribution is -2.11. The van der Waals surface area contributed by atoms with Crippen molar-refractivity contribution >= 4 is 5.78 Å². The molecule has 0 bridgehead atoms. The molecule has 3 heteroatoms. The third kappa shape index (κ3) is 12.1. The lowest BCUT2D eigenvalue weighted by Gasteiger charge is -2.11. The fourth-order valence-electron chi connectivity index (χ4n) is 1.78. The lowest BCUT2D eigenvalue weighted by atomic mass is 10.0. The van der Waals surface area contributed by atoms with E-state index >= 15 is 0 Å². The van der Waals surface area contributed by atoms with Gasteiger partial charge in [-0.1, -0.05) is 20.3 Å². The summed E-state index contributed by atoms with van der Waals surface area (Å²) in [5.74, 6) is 0.951. The number of rotatable bonds is 13. The first-order chi connectivity index (χ1) is 8.70. The predicted molar refractivity (Wildman–Crippen MR) is 74.9 cm³/mol. The molecule has 0 amide bonds. The maximum Gasteiger partial charge on any atom is 0.132 e. The van der Waals surface area contributed by atoms with Gasteiger partial charge in [0, 0.05) is 26.1 Å². The van der Waals surface area contributed by atoms with Gasteiger partial charge in [-0.15, -0.1) is 0 Å². The van der Waals surface area contributed by atoms with Gasteiger partial charge in [-0.3, -0.25) is 4.79 Å². The highest BCUT2D eigenvalue weighted by Crippen LogP contribution is 2.10. The normalized spacial score (nSPS) is 12.6. The van der Waals surface area contributed by atoms with Crippen molar-refractivity contribution in [3.63, 3.8) is 0 Å². The van der Waals surface area contributed by atoms with Crippen LogP contribution in [0.15, 0.2) is 0 Å². The van der Waals surface area contributed by atoms with Gasteiger partial charge >= 0.3 is 0 Å². The van der Waals surface area contributed by atoms with Gasteiger partial charge in [-0.25, -0.2) is 0 Å². The Morgan fingerprint density at radius 3 is 2.39 bits per heavy atom. The number of ketones is 1. The second-order valence-electron chi connectivity index (χ2n) is 4.91. The molecule has 0 saturated carbocycles. The first-order valence-electron chi connectivity index (χ1n) is 7.37. The molecule has 3 nitrogen and oxygen atoms in total. The highest BCUT2D eigenvalue weighted by Gasteiger charge is 2.05. The molecule has 0 aliphatic carbocycles. The van der Waals surface area contributed by atoms with Crippen LogP contribution in [0.3, 0.4) is 0 Å². The largest absolute Gasteiger partial charge is 0.379 e. The first kappa shape index (κ1) is 17.6. The zero-order valence-corrected chi connectivity index (χ0v) is 12.4. The molecule has 0 rings (SSSR count). The SMILES string of the molecule is CCCCC(=O)CCCC(C)COCCOCC. The van der Waals surface area contributed by atoms with Crippen LogP contribution in [0, 0.1) is 5.92 Å². The van der Waals surface area contributed by atoms with Crippen LogP contribution in [0.1, 0.15) is 59.3 Å². The molecule has 0 aliphatic heterocycles. The summed E-state index contributed by atoms with van der Waals surface area (Å²) >= 11 is 0. The van der Waals surface area contributed by atoms with E-state index in [-0.39, 0.29) is 0 Å². The molecular weight excluding hydrogens is 228 g/mol. The quantitative estimate of drug-likeness (QED) is 0.473. The Hall–Kier alpha value is -0.410. The summed E-state index contributed by atoms with van der Waals surface area (Å²) in [4.78, 5) is 11.5. The van der Waals surface area contributed by atoms with E-state index in [4.69, 9.17) is 9.47 Å². The number of carbonyl (C=O) groups is 1. The van der Waals surface area contributed by atoms with Gasteiger partial charge < -0.3 is 9.47 Å². The maximum absolute atomic E-state index is 11.5. The molecule has 0 spiro atoms. The van der Waals surface area contributed by atoms with Crippen molar-refractivity contribution < 1.29 is 14.3 Å². The Morgan fingerprint density at radius 1 is 1.06 bits per heavy atom. The van der Waals surface area contributed by atoms with E-state index in [1.165, 1.54) is 0 Å². The molecule has 108 valence electrons. The maximum atomic E-state index is 11.5. The molecular formula is C15H30O3. The molecule has 0 aromatic heterocycles. The number of Topliss-reactive ketones (excluding diaryl/α,β-unsaturated/α-hetero) is 1. The van der Waals surface area contributed by atoms with E-state index in [1.54, 1.807) is 0 Å². The predicted octanol–water partition coefficient (Wildman–Crippen LogP) is 3.61. The number of ether oxygens (including phenoxy) is 2. The Labute approximate surface area is 112 Å². The Balaban J connectivity index is 3.30. The molecule has 0 aromatic rings. The summed E-state index contributed by atoms with van der Waals surface area (Å²) in [5.41, 5.74) is 0. The van der Waals surface area contributed by atoms with Crippen molar-refractivity contribution in [3.8, 4) is 0 Å². The van der Waals surface area contributed by atoms with Gasteiger partial charge in [-0.05, 0) is 32.1 Å². The lowest BCUT2D eigenvalue weighted by molar-refractivity contribution is -0.119. The van der Waals surface area contributed by atoms with E-state index in [9.17, 15) is 4.79 Å². The standard InChI is InChI=1S/C15H30O3/c1-4-6-9-15(16)10-7-8-14(3)13-18-12-11-17-5-2/h14H,4-13H2,1-3H3. The molecule has 0 aromatic carbocycles. The average Bonchev–Trinajstić information content (AvgIpc) is 2.36. The van der Waals surface area contributed by atoms with Crippen LogP contribution in [-0.4, -0.2) is 32.2 Å². The van der Waals surface area contributed by atoms with E-state index in [0.29, 0.717) is 24.9 Å². The van der Waals surface area contributed by atoms with Crippen molar-refractivity contribution in [1.82, 2.24) is 0 Å². The summed E-state index contributed by atoms with van der Waals surface area (Å²) in [6.45, 7) is 9.16. The van der Waals surface area contributed by atoms with E-state index < -0.39 is 0 Å². The van der Waals surface area contributed by atoms with Crippen LogP contribution in [0.5, 0.6) is 0 Å². The Kier molecular flexibility index (Phi) is 12.7. The number of unbranched alkanes of at least 4 members (excludes halogenated alkanes) is 1. The zero-order valence-electron chi connectivity index (χ0n) is 12.4. The molecule has 0 radical (unpaired) electrons. The minimum absolute atomic E-state index is 0.418. The second-order valence-corrected chi connectivity index (χ2v) is 4.91. The summed E-state index contributed by atoms with van der Waals surface area (Å²) < 4.78 is 10.7. The van der Waals surface area contributed by atoms with Crippen LogP contribution in [0.2, 0.25) is 0 Å². The third-order valence-corrected chi connectivity index (χ3v) is 2.94. The van der Waals surface area contributed by atoms with Gasteiger partial charge in [0.05, 0.1) is 13.2 Å². The molecule has 0 N–H and O–H groups in total. The fourth-order valence-corrected chi connectivity index (χ4v) is 1.78. The smallest absolute Gasteiger partial charge is 0.132 e. The molecule has 0 aliphatic rings. The Bertz CT molecular complexity index is 192. The van der Waals surface area contributed by atoms with E-state index in [0.717, 1.165) is 51.7 Å². The summed E-state index contributed by atoms with van der Waals surface area (Å²) in [7, 11) is 0. The number of hydrogen-bond donors (Lipinski definition) is 0. The minimum atomic E-state index is 0.418. The fraction of sp³-hybridized carbons (Fsp3) is 0.933. The summed E-state index contributed by atoms with van der Waals surface area (Å²) in [5, 5.41) is 0. The Morgan fingerprint density at radius 2 is 1.72 bits per heavy atom. The molecule has 1 atom stereocenters. The van der Waals surface area contributed by atoms with Crippen molar-refractivity contribution in [2.45, 2.75) is 59.3 Å². The average molecular weight is 258 g/mol. The van der Waals surface area contributed by atoms with Gasteiger partial charge in [0.2, 0.25) is 0 Å². The van der Waals surface area contributed by atoms with Gasteiger partial charge in [0.15, 0.2) is 0 Å². The van der Waals surface area contributed by atoms with E-state index in [2.05, 4.69) is 13.8 Å². The van der Waals surface area contributed by atoms with Crippen molar-refractivity contribution in [2.75, 3.05) is 26.4 Å². The van der Waals surface area contributed by atoms with Crippen molar-refractivity contribution in [1.29, 1.82) is 0 Å². The van der Waals surface area contributed by atoms with Crippen molar-refractivity contribution in [3.05, 3.63) is 0 Å². The van der Waals surface area contributed by atoms with E-state index in [1.807, 2.05) is 6.92 Å². The first-order valence-corrected chi connectivity index (χ1v) is 7.37. The van der Waals surface area contributed by atoms with Crippen LogP contribution >= 0.6 is 0 Å². The van der Waals surface area contributed by atoms with Crippen LogP contribution < -0.4 is 0 Å². The molecule has 0 fully saturated rings. The molecule has 0 saturated heterocycles. The van der Waals surface area contributed by atoms with Gasteiger partial charge in [-0.2, -0.15) is 0 Å². The van der Waals surface area contributed by atoms with Crippen LogP contribution in [0.25, 0.3) is 0 Å². The third-order valence-electron chi connectivity index (χ3n) is 2.94. The minimum Gasteiger partial charge on any atom is -0.379 e. The topological polar surface area (TPSA) is 35.5 Å².